The molecule has 0 aliphatic rings. The fourth-order valence-corrected chi connectivity index (χ4v) is 5.19. The van der Waals surface area contributed by atoms with Crippen LogP contribution in [0.15, 0.2) is 87.6 Å². The Balaban J connectivity index is 1.59. The number of hydrogen-bond donors (Lipinski definition) is 2. The summed E-state index contributed by atoms with van der Waals surface area (Å²) in [7, 11) is -2.55. The summed E-state index contributed by atoms with van der Waals surface area (Å²) in [5.74, 6) is -0.767. The van der Waals surface area contributed by atoms with E-state index < -0.39 is 16.0 Å². The topological polar surface area (TPSA) is 150 Å². The average molecular weight is 567 g/mol. The van der Waals surface area contributed by atoms with Crippen LogP contribution in [-0.2, 0) is 39.1 Å². The number of primary sulfonamides is 1. The van der Waals surface area contributed by atoms with E-state index in [4.69, 9.17) is 9.88 Å². The number of aryl methyl sites for hydroxylation is 1. The van der Waals surface area contributed by atoms with E-state index in [0.29, 0.717) is 29.0 Å². The second kappa shape index (κ2) is 12.2. The molecule has 0 fully saturated rings. The van der Waals surface area contributed by atoms with Crippen LogP contribution in [0.25, 0.3) is 10.9 Å². The molecule has 202 valence electrons. The lowest BCUT2D eigenvalue weighted by Gasteiger charge is -2.14. The second-order valence-corrected chi connectivity index (χ2v) is 11.1. The number of sulfonamides is 1. The molecule has 3 N–H and O–H groups in total. The summed E-state index contributed by atoms with van der Waals surface area (Å²) in [6, 6.07) is 20.1. The smallest absolute Gasteiger partial charge is 0.337 e. The molecule has 1 amide bonds. The summed E-state index contributed by atoms with van der Waals surface area (Å²) in [6.07, 6.45) is 0.395. The number of carbonyl (C=O) groups excluding carboxylic acids is 2. The molecule has 0 saturated carbocycles. The Morgan fingerprint density at radius 2 is 1.74 bits per heavy atom. The highest BCUT2D eigenvalue weighted by Crippen LogP contribution is 2.20. The number of hydrogen-bond acceptors (Lipinski definition) is 8. The van der Waals surface area contributed by atoms with Gasteiger partial charge in [-0.05, 0) is 47.9 Å². The molecule has 0 saturated heterocycles. The van der Waals surface area contributed by atoms with Gasteiger partial charge in [0, 0.05) is 13.1 Å². The highest BCUT2D eigenvalue weighted by atomic mass is 32.2. The highest BCUT2D eigenvalue weighted by Gasteiger charge is 2.16. The molecule has 0 unspecified atom stereocenters. The number of benzene rings is 3. The monoisotopic (exact) mass is 566 g/mol. The summed E-state index contributed by atoms with van der Waals surface area (Å²) in [6.45, 7) is 0.596. The zero-order chi connectivity index (χ0) is 28.0. The Labute approximate surface area is 229 Å². The van der Waals surface area contributed by atoms with E-state index in [2.05, 4.69) is 10.3 Å². The molecule has 0 bridgehead atoms. The number of thioether (sulfide) groups is 1. The van der Waals surface area contributed by atoms with Gasteiger partial charge >= 0.3 is 5.97 Å². The summed E-state index contributed by atoms with van der Waals surface area (Å²) < 4.78 is 29.3. The van der Waals surface area contributed by atoms with Gasteiger partial charge in [-0.1, -0.05) is 54.2 Å². The lowest BCUT2D eigenvalue weighted by Crippen LogP contribution is -2.27. The third-order valence-electron chi connectivity index (χ3n) is 5.88. The molecule has 10 nitrogen and oxygen atoms in total. The van der Waals surface area contributed by atoms with Crippen molar-refractivity contribution in [1.29, 1.82) is 0 Å². The minimum absolute atomic E-state index is 0.00467. The van der Waals surface area contributed by atoms with Crippen LogP contribution in [0.2, 0.25) is 0 Å². The molecule has 1 heterocycles. The van der Waals surface area contributed by atoms with Crippen molar-refractivity contribution >= 4 is 44.6 Å². The zero-order valence-corrected chi connectivity index (χ0v) is 22.6. The van der Waals surface area contributed by atoms with Crippen LogP contribution in [0.1, 0.15) is 21.5 Å². The van der Waals surface area contributed by atoms with Crippen LogP contribution in [-0.4, -0.2) is 42.7 Å². The van der Waals surface area contributed by atoms with Gasteiger partial charge in [0.1, 0.15) is 0 Å². The molecule has 0 aliphatic carbocycles. The van der Waals surface area contributed by atoms with Gasteiger partial charge in [-0.25, -0.2) is 23.3 Å². The maximum absolute atomic E-state index is 13.5. The number of methoxy groups -OCH3 is 1. The van der Waals surface area contributed by atoms with Crippen LogP contribution in [0.3, 0.4) is 0 Å². The number of nitrogens with two attached hydrogens (primary N) is 1. The van der Waals surface area contributed by atoms with Crippen molar-refractivity contribution in [3.8, 4) is 0 Å². The number of nitrogens with zero attached hydrogens (tertiary/aromatic N) is 2. The Morgan fingerprint density at radius 1 is 1.03 bits per heavy atom. The van der Waals surface area contributed by atoms with Crippen molar-refractivity contribution in [3.63, 3.8) is 0 Å². The summed E-state index contributed by atoms with van der Waals surface area (Å²) in [5, 5.41) is 8.64. The molecule has 39 heavy (non-hydrogen) atoms. The van der Waals surface area contributed by atoms with Crippen LogP contribution >= 0.6 is 11.8 Å². The van der Waals surface area contributed by atoms with Crippen molar-refractivity contribution in [3.05, 3.63) is 99.8 Å². The number of ether oxygens (including phenoxy) is 1. The summed E-state index contributed by atoms with van der Waals surface area (Å²) >= 11 is 1.11. The number of carbonyl (C=O) groups is 2. The van der Waals surface area contributed by atoms with Gasteiger partial charge in [0.2, 0.25) is 15.9 Å². The summed E-state index contributed by atoms with van der Waals surface area (Å²) in [4.78, 5) is 42.6. The largest absolute Gasteiger partial charge is 0.465 e. The molecule has 0 atom stereocenters. The van der Waals surface area contributed by atoms with Gasteiger partial charge in [0.25, 0.3) is 5.56 Å². The van der Waals surface area contributed by atoms with Gasteiger partial charge in [-0.2, -0.15) is 0 Å². The normalized spacial score (nSPS) is 11.3. The first kappa shape index (κ1) is 28.0. The first-order valence-electron chi connectivity index (χ1n) is 11.8. The fraction of sp³-hybridized carbons (Fsp3) is 0.185. The first-order valence-corrected chi connectivity index (χ1v) is 14.4. The minimum atomic E-state index is -3.81. The highest BCUT2D eigenvalue weighted by molar-refractivity contribution is 7.99. The third-order valence-corrected chi connectivity index (χ3v) is 7.79. The molecule has 0 spiro atoms. The molecule has 3 aromatic carbocycles. The maximum Gasteiger partial charge on any atom is 0.337 e. The van der Waals surface area contributed by atoms with Crippen molar-refractivity contribution in [1.82, 2.24) is 14.9 Å². The zero-order valence-electron chi connectivity index (χ0n) is 21.0. The van der Waals surface area contributed by atoms with E-state index in [-0.39, 0.29) is 34.2 Å². The van der Waals surface area contributed by atoms with Gasteiger partial charge in [-0.15, -0.1) is 0 Å². The van der Waals surface area contributed by atoms with Gasteiger partial charge < -0.3 is 10.1 Å². The van der Waals surface area contributed by atoms with Crippen LogP contribution in [0, 0.1) is 0 Å². The predicted molar refractivity (Wildman–Crippen MR) is 148 cm³/mol. The van der Waals surface area contributed by atoms with E-state index >= 15 is 0 Å². The molecule has 1 aromatic heterocycles. The molecule has 4 aromatic rings. The number of fused-ring (bicyclic) bond motifs is 1. The van der Waals surface area contributed by atoms with E-state index in [1.165, 1.54) is 42.0 Å². The van der Waals surface area contributed by atoms with Crippen LogP contribution < -0.4 is 16.0 Å². The number of esters is 1. The Hall–Kier alpha value is -4.00. The van der Waals surface area contributed by atoms with E-state index in [1.807, 2.05) is 30.3 Å². The molecular formula is C27H26N4O6S2. The molecule has 0 radical (unpaired) electrons. The van der Waals surface area contributed by atoms with Crippen molar-refractivity contribution < 1.29 is 22.7 Å². The number of amides is 1. The summed E-state index contributed by atoms with van der Waals surface area (Å²) in [5.41, 5.74) is 1.97. The molecule has 0 aliphatic heterocycles. The maximum atomic E-state index is 13.5. The lowest BCUT2D eigenvalue weighted by molar-refractivity contribution is -0.118. The average Bonchev–Trinajstić information content (AvgIpc) is 2.94. The predicted octanol–water partition coefficient (Wildman–Crippen LogP) is 2.48. The lowest BCUT2D eigenvalue weighted by atomic mass is 10.1. The van der Waals surface area contributed by atoms with Gasteiger partial charge in [0.05, 0.1) is 34.2 Å². The fourth-order valence-electron chi connectivity index (χ4n) is 3.82. The van der Waals surface area contributed by atoms with Gasteiger partial charge in [0.15, 0.2) is 5.16 Å². The van der Waals surface area contributed by atoms with Crippen molar-refractivity contribution in [2.24, 2.45) is 5.14 Å². The number of aromatic nitrogens is 2. The first-order chi connectivity index (χ1) is 18.7. The third kappa shape index (κ3) is 7.11. The Bertz CT molecular complexity index is 1670. The molecular weight excluding hydrogens is 540 g/mol. The SMILES string of the molecule is COC(=O)c1ccc2c(=O)n(CCc3ccc(S(N)(=O)=O)cc3)c(SCC(=O)NCc3ccccc3)nc2c1. The van der Waals surface area contributed by atoms with Gasteiger partial charge in [-0.3, -0.25) is 14.2 Å². The van der Waals surface area contributed by atoms with Crippen LogP contribution in [0.4, 0.5) is 0 Å². The van der Waals surface area contributed by atoms with Crippen molar-refractivity contribution in [2.45, 2.75) is 29.6 Å². The molecule has 12 heteroatoms. The Kier molecular flexibility index (Phi) is 8.79. The van der Waals surface area contributed by atoms with E-state index in [0.717, 1.165) is 22.9 Å². The van der Waals surface area contributed by atoms with Crippen LogP contribution in [0.5, 0.6) is 0 Å². The number of rotatable bonds is 10. The number of nitrogens with one attached hydrogen (secondary N) is 1. The standard InChI is InChI=1S/C27H26N4O6S2/c1-37-26(34)20-9-12-22-23(15-20)30-27(38-17-24(32)29-16-19-5-3-2-4-6-19)31(25(22)33)14-13-18-7-10-21(11-8-18)39(28,35)36/h2-12,15H,13-14,16-17H2,1H3,(H,29,32)(H2,28,35,36). The molecule has 4 rings (SSSR count). The quantitative estimate of drug-likeness (QED) is 0.169. The Morgan fingerprint density at radius 3 is 2.41 bits per heavy atom. The van der Waals surface area contributed by atoms with Crippen molar-refractivity contribution in [2.75, 3.05) is 12.9 Å². The van der Waals surface area contributed by atoms with E-state index in [1.54, 1.807) is 12.1 Å². The minimum Gasteiger partial charge on any atom is -0.465 e. The second-order valence-electron chi connectivity index (χ2n) is 8.56. The van der Waals surface area contributed by atoms with E-state index in [9.17, 15) is 22.8 Å².